The van der Waals surface area contributed by atoms with E-state index < -0.39 is 4.92 Å². The number of nitrogens with zero attached hydrogens (tertiary/aromatic N) is 5. The van der Waals surface area contributed by atoms with Crippen LogP contribution in [0.25, 0.3) is 11.5 Å². The van der Waals surface area contributed by atoms with E-state index in [0.29, 0.717) is 18.3 Å². The Kier molecular flexibility index (Phi) is 3.18. The highest BCUT2D eigenvalue weighted by Crippen LogP contribution is 2.26. The number of nitrogens with one attached hydrogen (secondary N) is 1. The van der Waals surface area contributed by atoms with Gasteiger partial charge in [-0.25, -0.2) is 15.0 Å². The van der Waals surface area contributed by atoms with Gasteiger partial charge < -0.3 is 9.88 Å². The zero-order valence-corrected chi connectivity index (χ0v) is 9.99. The molecular weight excluding hydrogens is 236 g/mol. The molecule has 0 spiro atoms. The first-order valence-corrected chi connectivity index (χ1v) is 5.38. The van der Waals surface area contributed by atoms with Gasteiger partial charge in [0.25, 0.3) is 0 Å². The molecule has 0 saturated carbocycles. The second kappa shape index (κ2) is 4.78. The topological polar surface area (TPSA) is 98.8 Å². The van der Waals surface area contributed by atoms with Crippen LogP contribution in [-0.4, -0.2) is 31.5 Å². The van der Waals surface area contributed by atoms with Crippen molar-refractivity contribution >= 4 is 11.6 Å². The lowest BCUT2D eigenvalue weighted by Crippen LogP contribution is -2.05. The zero-order chi connectivity index (χ0) is 13.1. The molecule has 0 aromatic carbocycles. The van der Waals surface area contributed by atoms with Gasteiger partial charge in [-0.2, -0.15) is 0 Å². The van der Waals surface area contributed by atoms with E-state index in [9.17, 15) is 10.1 Å². The van der Waals surface area contributed by atoms with Crippen LogP contribution in [0.1, 0.15) is 6.92 Å². The molecule has 2 heterocycles. The van der Waals surface area contributed by atoms with E-state index in [1.54, 1.807) is 24.0 Å². The Morgan fingerprint density at radius 1 is 1.50 bits per heavy atom. The molecule has 0 bridgehead atoms. The van der Waals surface area contributed by atoms with Gasteiger partial charge in [-0.05, 0) is 6.92 Å². The van der Waals surface area contributed by atoms with Crippen LogP contribution < -0.4 is 5.32 Å². The summed E-state index contributed by atoms with van der Waals surface area (Å²) in [5.74, 6) is 0.782. The lowest BCUT2D eigenvalue weighted by molar-refractivity contribution is -0.384. The minimum atomic E-state index is -0.510. The molecule has 0 radical (unpaired) electrons. The van der Waals surface area contributed by atoms with Gasteiger partial charge in [0, 0.05) is 26.0 Å². The molecule has 0 aliphatic carbocycles. The lowest BCUT2D eigenvalue weighted by Gasteiger charge is -2.06. The molecule has 2 aromatic rings. The predicted octanol–water partition coefficient (Wildman–Crippen LogP) is 1.31. The summed E-state index contributed by atoms with van der Waals surface area (Å²) in [6.45, 7) is 2.59. The molecule has 0 saturated heterocycles. The van der Waals surface area contributed by atoms with Gasteiger partial charge in [-0.1, -0.05) is 0 Å². The highest BCUT2D eigenvalue weighted by atomic mass is 16.6. The number of nitro groups is 1. The van der Waals surface area contributed by atoms with Crippen LogP contribution in [0.3, 0.4) is 0 Å². The van der Waals surface area contributed by atoms with Crippen LogP contribution in [0.2, 0.25) is 0 Å². The summed E-state index contributed by atoms with van der Waals surface area (Å²) in [6.07, 6.45) is 4.52. The summed E-state index contributed by atoms with van der Waals surface area (Å²) in [6, 6.07) is 0. The predicted molar refractivity (Wildman–Crippen MR) is 65.1 cm³/mol. The molecule has 8 heteroatoms. The molecule has 94 valence electrons. The van der Waals surface area contributed by atoms with Crippen molar-refractivity contribution in [2.24, 2.45) is 0 Å². The average Bonchev–Trinajstić information content (AvgIpc) is 2.85. The Balaban J connectivity index is 2.63. The third kappa shape index (κ3) is 1.99. The number of aromatic nitrogens is 4. The van der Waals surface area contributed by atoms with Gasteiger partial charge in [0.2, 0.25) is 5.95 Å². The van der Waals surface area contributed by atoms with E-state index in [-0.39, 0.29) is 11.4 Å². The van der Waals surface area contributed by atoms with E-state index in [4.69, 9.17) is 0 Å². The Morgan fingerprint density at radius 2 is 2.28 bits per heavy atom. The first kappa shape index (κ1) is 12.0. The van der Waals surface area contributed by atoms with Gasteiger partial charge in [0.15, 0.2) is 11.5 Å². The molecule has 2 aromatic heterocycles. The van der Waals surface area contributed by atoms with E-state index in [1.165, 1.54) is 6.20 Å². The fourth-order valence-electron chi connectivity index (χ4n) is 1.58. The van der Waals surface area contributed by atoms with Crippen LogP contribution >= 0.6 is 0 Å². The van der Waals surface area contributed by atoms with Crippen molar-refractivity contribution in [3.05, 3.63) is 28.7 Å². The summed E-state index contributed by atoms with van der Waals surface area (Å²) in [5.41, 5.74) is 0.0566. The molecule has 0 fully saturated rings. The smallest absolute Gasteiger partial charge is 0.317 e. The van der Waals surface area contributed by atoms with Crippen LogP contribution in [-0.2, 0) is 6.54 Å². The van der Waals surface area contributed by atoms with Crippen molar-refractivity contribution in [1.29, 1.82) is 0 Å². The third-order valence-corrected chi connectivity index (χ3v) is 2.46. The fraction of sp³-hybridized carbons (Fsp3) is 0.300. The number of aryl methyl sites for hydroxylation is 1. The number of imidazole rings is 1. The van der Waals surface area contributed by atoms with Crippen molar-refractivity contribution in [2.45, 2.75) is 13.5 Å². The molecular formula is C10H12N6O2. The molecule has 1 N–H and O–H groups in total. The zero-order valence-electron chi connectivity index (χ0n) is 9.99. The summed E-state index contributed by atoms with van der Waals surface area (Å²) in [4.78, 5) is 22.5. The standard InChI is InChI=1S/C10H12N6O2/c1-3-15-5-4-12-9(15)8-7(16(17)18)6-13-10(11-2)14-8/h4-6H,3H2,1-2H3,(H,11,13,14). The fourth-order valence-corrected chi connectivity index (χ4v) is 1.58. The van der Waals surface area contributed by atoms with Crippen LogP contribution in [0.15, 0.2) is 18.6 Å². The SMILES string of the molecule is CCn1ccnc1-c1nc(NC)ncc1[N+](=O)[O-]. The van der Waals surface area contributed by atoms with Crippen molar-refractivity contribution in [2.75, 3.05) is 12.4 Å². The van der Waals surface area contributed by atoms with E-state index >= 15 is 0 Å². The maximum absolute atomic E-state index is 11.0. The van der Waals surface area contributed by atoms with E-state index in [1.807, 2.05) is 6.92 Å². The van der Waals surface area contributed by atoms with Gasteiger partial charge >= 0.3 is 5.69 Å². The normalized spacial score (nSPS) is 10.3. The summed E-state index contributed by atoms with van der Waals surface area (Å²) in [7, 11) is 1.65. The molecule has 0 amide bonds. The van der Waals surface area contributed by atoms with E-state index in [0.717, 1.165) is 0 Å². The molecule has 0 unspecified atom stereocenters. The second-order valence-electron chi connectivity index (χ2n) is 3.47. The van der Waals surface area contributed by atoms with Gasteiger partial charge in [0.05, 0.1) is 4.92 Å². The third-order valence-electron chi connectivity index (χ3n) is 2.46. The van der Waals surface area contributed by atoms with Crippen molar-refractivity contribution in [3.63, 3.8) is 0 Å². The Labute approximate surface area is 103 Å². The Bertz CT molecular complexity index is 579. The summed E-state index contributed by atoms with van der Waals surface area (Å²) >= 11 is 0. The molecule has 8 nitrogen and oxygen atoms in total. The Hall–Kier alpha value is -2.51. The lowest BCUT2D eigenvalue weighted by atomic mass is 10.3. The minimum Gasteiger partial charge on any atom is -0.357 e. The van der Waals surface area contributed by atoms with Crippen LogP contribution in [0, 0.1) is 10.1 Å². The summed E-state index contributed by atoms with van der Waals surface area (Å²) < 4.78 is 1.79. The maximum atomic E-state index is 11.0. The molecule has 0 aliphatic heterocycles. The van der Waals surface area contributed by atoms with Gasteiger partial charge in [-0.15, -0.1) is 0 Å². The first-order valence-electron chi connectivity index (χ1n) is 5.38. The van der Waals surface area contributed by atoms with Gasteiger partial charge in [0.1, 0.15) is 6.20 Å². The van der Waals surface area contributed by atoms with Crippen molar-refractivity contribution < 1.29 is 4.92 Å². The summed E-state index contributed by atoms with van der Waals surface area (Å²) in [5, 5.41) is 13.7. The minimum absolute atomic E-state index is 0.157. The van der Waals surface area contributed by atoms with E-state index in [2.05, 4.69) is 20.3 Å². The number of anilines is 1. The monoisotopic (exact) mass is 248 g/mol. The van der Waals surface area contributed by atoms with Crippen molar-refractivity contribution in [3.8, 4) is 11.5 Å². The largest absolute Gasteiger partial charge is 0.357 e. The number of hydrogen-bond donors (Lipinski definition) is 1. The van der Waals surface area contributed by atoms with Gasteiger partial charge in [-0.3, -0.25) is 10.1 Å². The van der Waals surface area contributed by atoms with Crippen molar-refractivity contribution in [1.82, 2.24) is 19.5 Å². The molecule has 2 rings (SSSR count). The number of hydrogen-bond acceptors (Lipinski definition) is 6. The highest BCUT2D eigenvalue weighted by Gasteiger charge is 2.22. The molecule has 0 aliphatic rings. The quantitative estimate of drug-likeness (QED) is 0.647. The number of rotatable bonds is 4. The average molecular weight is 248 g/mol. The Morgan fingerprint density at radius 3 is 2.89 bits per heavy atom. The second-order valence-corrected chi connectivity index (χ2v) is 3.47. The molecule has 0 atom stereocenters. The maximum Gasteiger partial charge on any atom is 0.317 e. The molecule has 18 heavy (non-hydrogen) atoms. The van der Waals surface area contributed by atoms with Crippen LogP contribution in [0.4, 0.5) is 11.6 Å². The van der Waals surface area contributed by atoms with Crippen LogP contribution in [0.5, 0.6) is 0 Å². The first-order chi connectivity index (χ1) is 8.67. The highest BCUT2D eigenvalue weighted by molar-refractivity contribution is 5.64.